The van der Waals surface area contributed by atoms with Gasteiger partial charge >= 0.3 is 0 Å². The Labute approximate surface area is 173 Å². The minimum Gasteiger partial charge on any atom is -0.351 e. The molecule has 0 unspecified atom stereocenters. The van der Waals surface area contributed by atoms with Crippen LogP contribution >= 0.6 is 11.8 Å². The molecule has 4 nitrogen and oxygen atoms in total. The lowest BCUT2D eigenvalue weighted by molar-refractivity contribution is -0.118. The predicted octanol–water partition coefficient (Wildman–Crippen LogP) is 4.85. The van der Waals surface area contributed by atoms with Crippen molar-refractivity contribution in [2.75, 3.05) is 5.75 Å². The van der Waals surface area contributed by atoms with Gasteiger partial charge in [0.25, 0.3) is 0 Å². The number of aldehydes is 1. The fourth-order valence-electron chi connectivity index (χ4n) is 3.31. The molecule has 0 saturated heterocycles. The van der Waals surface area contributed by atoms with Gasteiger partial charge in [-0.25, -0.2) is 0 Å². The van der Waals surface area contributed by atoms with Gasteiger partial charge in [0.2, 0.25) is 5.91 Å². The maximum atomic E-state index is 12.4. The van der Waals surface area contributed by atoms with Crippen molar-refractivity contribution >= 4 is 34.9 Å². The highest BCUT2D eigenvalue weighted by Gasteiger charge is 2.19. The lowest BCUT2D eigenvalue weighted by atomic mass is 10.2. The first-order valence-corrected chi connectivity index (χ1v) is 10.3. The molecule has 4 rings (SSSR count). The van der Waals surface area contributed by atoms with Gasteiger partial charge in [0.05, 0.1) is 21.9 Å². The monoisotopic (exact) mass is 400 g/mol. The zero-order valence-corrected chi connectivity index (χ0v) is 16.6. The lowest BCUT2D eigenvalue weighted by Gasteiger charge is -2.11. The van der Waals surface area contributed by atoms with E-state index in [0.717, 1.165) is 33.5 Å². The molecule has 0 fully saturated rings. The largest absolute Gasteiger partial charge is 0.351 e. The van der Waals surface area contributed by atoms with Gasteiger partial charge in [-0.3, -0.25) is 9.59 Å². The van der Waals surface area contributed by atoms with Crippen LogP contribution in [0.5, 0.6) is 0 Å². The number of nitrogens with zero attached hydrogens (tertiary/aromatic N) is 1. The van der Waals surface area contributed by atoms with E-state index in [2.05, 4.69) is 5.32 Å². The second kappa shape index (κ2) is 8.80. The first kappa shape index (κ1) is 19.0. The molecular formula is C24H20N2O2S. The van der Waals surface area contributed by atoms with Gasteiger partial charge in [-0.2, -0.15) is 0 Å². The van der Waals surface area contributed by atoms with E-state index in [9.17, 15) is 9.59 Å². The standard InChI is InChI=1S/C24H20N2O2S/c27-16-21-20-13-7-8-14-22(20)26(19-11-5-2-6-12-19)24(21)29-17-23(28)25-15-18-9-3-1-4-10-18/h1-14,16H,15,17H2,(H,25,28). The summed E-state index contributed by atoms with van der Waals surface area (Å²) in [5.41, 5.74) is 3.58. The highest BCUT2D eigenvalue weighted by atomic mass is 32.2. The summed E-state index contributed by atoms with van der Waals surface area (Å²) in [6.07, 6.45) is 0.881. The number of para-hydroxylation sites is 2. The number of hydrogen-bond donors (Lipinski definition) is 1. The van der Waals surface area contributed by atoms with Crippen LogP contribution < -0.4 is 5.32 Å². The normalized spacial score (nSPS) is 10.8. The van der Waals surface area contributed by atoms with Crippen molar-refractivity contribution in [2.45, 2.75) is 11.6 Å². The number of amides is 1. The molecule has 3 aromatic carbocycles. The third-order valence-corrected chi connectivity index (χ3v) is 5.76. The van der Waals surface area contributed by atoms with Crippen molar-refractivity contribution in [1.82, 2.24) is 9.88 Å². The number of thioether (sulfide) groups is 1. The van der Waals surface area contributed by atoms with E-state index in [-0.39, 0.29) is 11.7 Å². The van der Waals surface area contributed by atoms with Gasteiger partial charge in [-0.05, 0) is 23.8 Å². The number of nitrogens with one attached hydrogen (secondary N) is 1. The summed E-state index contributed by atoms with van der Waals surface area (Å²) in [5.74, 6) is 0.164. The van der Waals surface area contributed by atoms with Gasteiger partial charge < -0.3 is 9.88 Å². The minimum atomic E-state index is -0.0689. The van der Waals surface area contributed by atoms with E-state index < -0.39 is 0 Å². The van der Waals surface area contributed by atoms with E-state index in [1.54, 1.807) is 0 Å². The number of fused-ring (bicyclic) bond motifs is 1. The van der Waals surface area contributed by atoms with Crippen LogP contribution in [0, 0.1) is 0 Å². The zero-order valence-electron chi connectivity index (χ0n) is 15.7. The van der Waals surface area contributed by atoms with Crippen LogP contribution in [0.4, 0.5) is 0 Å². The topological polar surface area (TPSA) is 51.1 Å². The summed E-state index contributed by atoms with van der Waals surface area (Å²) in [5, 5.41) is 4.61. The maximum absolute atomic E-state index is 12.4. The third-order valence-electron chi connectivity index (χ3n) is 4.67. The van der Waals surface area contributed by atoms with Gasteiger partial charge in [-0.15, -0.1) is 0 Å². The van der Waals surface area contributed by atoms with Crippen LogP contribution in [0.2, 0.25) is 0 Å². The quantitative estimate of drug-likeness (QED) is 0.356. The van der Waals surface area contributed by atoms with Crippen LogP contribution in [-0.4, -0.2) is 22.5 Å². The molecule has 0 aliphatic heterocycles. The van der Waals surface area contributed by atoms with Crippen molar-refractivity contribution in [3.05, 3.63) is 96.1 Å². The number of rotatable bonds is 7. The molecule has 0 radical (unpaired) electrons. The van der Waals surface area contributed by atoms with E-state index in [1.165, 1.54) is 11.8 Å². The Balaban J connectivity index is 1.61. The molecule has 1 N–H and O–H groups in total. The fraction of sp³-hybridized carbons (Fsp3) is 0.0833. The second-order valence-electron chi connectivity index (χ2n) is 6.58. The maximum Gasteiger partial charge on any atom is 0.230 e. The third kappa shape index (κ3) is 4.10. The molecule has 0 bridgehead atoms. The predicted molar refractivity (Wildman–Crippen MR) is 118 cm³/mol. The molecule has 1 aromatic heterocycles. The van der Waals surface area contributed by atoms with Crippen LogP contribution in [0.1, 0.15) is 15.9 Å². The van der Waals surface area contributed by atoms with Crippen molar-refractivity contribution in [1.29, 1.82) is 0 Å². The smallest absolute Gasteiger partial charge is 0.230 e. The van der Waals surface area contributed by atoms with Gasteiger partial charge in [0.1, 0.15) is 0 Å². The molecular weight excluding hydrogens is 380 g/mol. The molecule has 1 amide bonds. The first-order chi connectivity index (χ1) is 14.3. The van der Waals surface area contributed by atoms with E-state index in [1.807, 2.05) is 89.5 Å². The van der Waals surface area contributed by atoms with Gasteiger partial charge in [-0.1, -0.05) is 78.5 Å². The van der Waals surface area contributed by atoms with E-state index in [4.69, 9.17) is 0 Å². The summed E-state index contributed by atoms with van der Waals surface area (Å²) >= 11 is 1.38. The van der Waals surface area contributed by atoms with Crippen LogP contribution in [0.15, 0.2) is 90.0 Å². The molecule has 29 heavy (non-hydrogen) atoms. The van der Waals surface area contributed by atoms with Crippen LogP contribution in [-0.2, 0) is 11.3 Å². The molecule has 0 atom stereocenters. The SMILES string of the molecule is O=Cc1c(SCC(=O)NCc2ccccc2)n(-c2ccccc2)c2ccccc12. The zero-order chi connectivity index (χ0) is 20.1. The summed E-state index contributed by atoms with van der Waals surface area (Å²) in [7, 11) is 0. The number of carbonyl (C=O) groups excluding carboxylic acids is 2. The number of carbonyl (C=O) groups is 2. The number of hydrogen-bond acceptors (Lipinski definition) is 3. The highest BCUT2D eigenvalue weighted by molar-refractivity contribution is 8.00. The molecule has 0 spiro atoms. The molecule has 0 aliphatic carbocycles. The molecule has 144 valence electrons. The Bertz CT molecular complexity index is 1140. The summed E-state index contributed by atoms with van der Waals surface area (Å²) in [6, 6.07) is 27.5. The Morgan fingerprint density at radius 3 is 2.28 bits per heavy atom. The molecule has 5 heteroatoms. The fourth-order valence-corrected chi connectivity index (χ4v) is 4.33. The summed E-state index contributed by atoms with van der Waals surface area (Å²) < 4.78 is 2.05. The van der Waals surface area contributed by atoms with Crippen molar-refractivity contribution in [2.24, 2.45) is 0 Å². The van der Waals surface area contributed by atoms with Crippen LogP contribution in [0.25, 0.3) is 16.6 Å². The lowest BCUT2D eigenvalue weighted by Crippen LogP contribution is -2.24. The molecule has 0 aliphatic rings. The van der Waals surface area contributed by atoms with Crippen molar-refractivity contribution in [3.8, 4) is 5.69 Å². The Morgan fingerprint density at radius 1 is 0.897 bits per heavy atom. The second-order valence-corrected chi connectivity index (χ2v) is 7.54. The minimum absolute atomic E-state index is 0.0689. The summed E-state index contributed by atoms with van der Waals surface area (Å²) in [6.45, 7) is 0.489. The Hall–Kier alpha value is -3.31. The molecule has 1 heterocycles. The van der Waals surface area contributed by atoms with Crippen molar-refractivity contribution < 1.29 is 9.59 Å². The Kier molecular flexibility index (Phi) is 5.77. The highest BCUT2D eigenvalue weighted by Crippen LogP contribution is 2.34. The van der Waals surface area contributed by atoms with Gasteiger partial charge in [0, 0.05) is 17.6 Å². The Morgan fingerprint density at radius 2 is 1.55 bits per heavy atom. The first-order valence-electron chi connectivity index (χ1n) is 9.35. The average Bonchev–Trinajstić information content (AvgIpc) is 3.10. The van der Waals surface area contributed by atoms with E-state index >= 15 is 0 Å². The average molecular weight is 401 g/mol. The van der Waals surface area contributed by atoms with Crippen LogP contribution in [0.3, 0.4) is 0 Å². The van der Waals surface area contributed by atoms with E-state index in [0.29, 0.717) is 12.1 Å². The molecule has 0 saturated carbocycles. The van der Waals surface area contributed by atoms with Gasteiger partial charge in [0.15, 0.2) is 6.29 Å². The number of aromatic nitrogens is 1. The number of benzene rings is 3. The molecule has 4 aromatic rings. The summed E-state index contributed by atoms with van der Waals surface area (Å²) in [4.78, 5) is 24.3. The van der Waals surface area contributed by atoms with Crippen molar-refractivity contribution in [3.63, 3.8) is 0 Å².